The highest BCUT2D eigenvalue weighted by Crippen LogP contribution is 2.16. The van der Waals surface area contributed by atoms with Crippen molar-refractivity contribution in [2.45, 2.75) is 18.2 Å². The summed E-state index contributed by atoms with van der Waals surface area (Å²) in [7, 11) is 0. The number of rotatable bonds is 5. The van der Waals surface area contributed by atoms with Gasteiger partial charge in [0.05, 0.1) is 12.1 Å². The predicted octanol–water partition coefficient (Wildman–Crippen LogP) is 2.15. The molecule has 5 heteroatoms. The Hall–Kier alpha value is -1.33. The maximum absolute atomic E-state index is 9.24. The molecule has 0 saturated carbocycles. The molecule has 1 aromatic carbocycles. The van der Waals surface area contributed by atoms with E-state index in [1.807, 2.05) is 43.6 Å². The molecule has 0 bridgehead atoms. The summed E-state index contributed by atoms with van der Waals surface area (Å²) in [5.41, 5.74) is 0.923. The minimum absolute atomic E-state index is 0.117. The quantitative estimate of drug-likeness (QED) is 0.865. The van der Waals surface area contributed by atoms with E-state index >= 15 is 0 Å². The molecule has 0 amide bonds. The van der Waals surface area contributed by atoms with E-state index in [4.69, 9.17) is 0 Å². The lowest BCUT2D eigenvalue weighted by molar-refractivity contribution is 0.288. The zero-order chi connectivity index (χ0) is 13.0. The van der Waals surface area contributed by atoms with E-state index < -0.39 is 0 Å². The van der Waals surface area contributed by atoms with Gasteiger partial charge < -0.3 is 10.4 Å². The number of aliphatic hydroxyl groups is 1. The van der Waals surface area contributed by atoms with Crippen LogP contribution in [0.2, 0.25) is 0 Å². The number of fused-ring (bicyclic) bond motifs is 1. The molecule has 0 radical (unpaired) electrons. The molecule has 0 spiro atoms. The molecule has 18 heavy (non-hydrogen) atoms. The van der Waals surface area contributed by atoms with Gasteiger partial charge in [0.1, 0.15) is 0 Å². The maximum Gasteiger partial charge on any atom is 0.223 e. The van der Waals surface area contributed by atoms with Gasteiger partial charge in [-0.3, -0.25) is 0 Å². The van der Waals surface area contributed by atoms with Crippen LogP contribution in [-0.4, -0.2) is 39.2 Å². The summed E-state index contributed by atoms with van der Waals surface area (Å²) in [4.78, 5) is 8.74. The first-order valence-electron chi connectivity index (χ1n) is 5.86. The van der Waals surface area contributed by atoms with E-state index in [0.29, 0.717) is 5.95 Å². The Balaban J connectivity index is 2.16. The standard InChI is InChI=1S/C13H17N3OS/c1-9(12(8-17)18-2)15-13-14-7-10-5-3-4-6-11(10)16-13/h3-7,9,12,17H,8H2,1-2H3,(H,14,15,16). The number of hydrogen-bond acceptors (Lipinski definition) is 5. The van der Waals surface area contributed by atoms with Crippen LogP contribution >= 0.6 is 11.8 Å². The first-order chi connectivity index (χ1) is 8.74. The molecule has 2 aromatic rings. The summed E-state index contributed by atoms with van der Waals surface area (Å²) in [5.74, 6) is 0.605. The molecular weight excluding hydrogens is 246 g/mol. The summed E-state index contributed by atoms with van der Waals surface area (Å²) >= 11 is 1.63. The first kappa shape index (κ1) is 13.1. The summed E-state index contributed by atoms with van der Waals surface area (Å²) in [6.07, 6.45) is 3.80. The Labute approximate surface area is 111 Å². The molecule has 2 N–H and O–H groups in total. The molecule has 0 aliphatic rings. The van der Waals surface area contributed by atoms with Gasteiger partial charge in [0.2, 0.25) is 5.95 Å². The van der Waals surface area contributed by atoms with Crippen molar-refractivity contribution in [3.8, 4) is 0 Å². The monoisotopic (exact) mass is 263 g/mol. The van der Waals surface area contributed by atoms with Gasteiger partial charge in [0.15, 0.2) is 0 Å². The number of nitrogens with one attached hydrogen (secondary N) is 1. The van der Waals surface area contributed by atoms with Crippen LogP contribution in [0.3, 0.4) is 0 Å². The van der Waals surface area contributed by atoms with Gasteiger partial charge in [-0.1, -0.05) is 18.2 Å². The van der Waals surface area contributed by atoms with Crippen LogP contribution in [0.4, 0.5) is 5.95 Å². The molecule has 2 unspecified atom stereocenters. The Bertz CT molecular complexity index is 516. The second-order valence-corrected chi connectivity index (χ2v) is 5.22. The largest absolute Gasteiger partial charge is 0.395 e. The third-order valence-electron chi connectivity index (χ3n) is 2.89. The molecule has 1 heterocycles. The third-order valence-corrected chi connectivity index (χ3v) is 4.05. The highest BCUT2D eigenvalue weighted by Gasteiger charge is 2.15. The van der Waals surface area contributed by atoms with E-state index in [0.717, 1.165) is 10.9 Å². The van der Waals surface area contributed by atoms with Crippen molar-refractivity contribution in [3.63, 3.8) is 0 Å². The minimum Gasteiger partial charge on any atom is -0.395 e. The van der Waals surface area contributed by atoms with Crippen LogP contribution in [0.5, 0.6) is 0 Å². The van der Waals surface area contributed by atoms with Gasteiger partial charge in [-0.15, -0.1) is 0 Å². The van der Waals surface area contributed by atoms with E-state index in [2.05, 4.69) is 15.3 Å². The van der Waals surface area contributed by atoms with Crippen LogP contribution in [-0.2, 0) is 0 Å². The fourth-order valence-electron chi connectivity index (χ4n) is 1.78. The molecule has 0 fully saturated rings. The summed E-state index contributed by atoms with van der Waals surface area (Å²) < 4.78 is 0. The number of thioether (sulfide) groups is 1. The van der Waals surface area contributed by atoms with Crippen molar-refractivity contribution in [2.24, 2.45) is 0 Å². The van der Waals surface area contributed by atoms with Crippen LogP contribution in [0.15, 0.2) is 30.5 Å². The molecule has 4 nitrogen and oxygen atoms in total. The first-order valence-corrected chi connectivity index (χ1v) is 7.15. The lowest BCUT2D eigenvalue weighted by Crippen LogP contribution is -2.31. The van der Waals surface area contributed by atoms with Gasteiger partial charge in [-0.05, 0) is 19.2 Å². The molecule has 0 aliphatic heterocycles. The lowest BCUT2D eigenvalue weighted by atomic mass is 10.2. The van der Waals surface area contributed by atoms with E-state index in [9.17, 15) is 5.11 Å². The van der Waals surface area contributed by atoms with Crippen LogP contribution in [0.25, 0.3) is 10.9 Å². The summed E-state index contributed by atoms with van der Waals surface area (Å²) in [5, 5.41) is 13.6. The van der Waals surface area contributed by atoms with Crippen molar-refractivity contribution in [1.29, 1.82) is 0 Å². The Morgan fingerprint density at radius 1 is 1.39 bits per heavy atom. The molecule has 1 aromatic heterocycles. The van der Waals surface area contributed by atoms with E-state index in [1.54, 1.807) is 11.8 Å². The number of aliphatic hydroxyl groups excluding tert-OH is 1. The highest BCUT2D eigenvalue weighted by atomic mass is 32.2. The zero-order valence-electron chi connectivity index (χ0n) is 10.5. The van der Waals surface area contributed by atoms with Crippen molar-refractivity contribution in [2.75, 3.05) is 18.2 Å². The van der Waals surface area contributed by atoms with Gasteiger partial charge in [-0.2, -0.15) is 11.8 Å². The van der Waals surface area contributed by atoms with Crippen molar-refractivity contribution in [3.05, 3.63) is 30.5 Å². The van der Waals surface area contributed by atoms with Crippen LogP contribution < -0.4 is 5.32 Å². The predicted molar refractivity (Wildman–Crippen MR) is 77.0 cm³/mol. The van der Waals surface area contributed by atoms with Crippen LogP contribution in [0.1, 0.15) is 6.92 Å². The SMILES string of the molecule is CSC(CO)C(C)Nc1ncc2ccccc2n1. The zero-order valence-corrected chi connectivity index (χ0v) is 11.3. The summed E-state index contributed by atoms with van der Waals surface area (Å²) in [6.45, 7) is 2.17. The molecule has 2 atom stereocenters. The number of anilines is 1. The Morgan fingerprint density at radius 2 is 2.17 bits per heavy atom. The normalized spacial score (nSPS) is 14.4. The number of aromatic nitrogens is 2. The van der Waals surface area contributed by atoms with Gasteiger partial charge >= 0.3 is 0 Å². The average molecular weight is 263 g/mol. The number of nitrogens with zero attached hydrogens (tertiary/aromatic N) is 2. The molecule has 2 rings (SSSR count). The second kappa shape index (κ2) is 6.02. The Morgan fingerprint density at radius 3 is 2.89 bits per heavy atom. The van der Waals surface area contributed by atoms with Gasteiger partial charge in [0, 0.05) is 22.9 Å². The average Bonchev–Trinajstić information content (AvgIpc) is 2.40. The molecule has 0 saturated heterocycles. The Kier molecular flexibility index (Phi) is 4.38. The topological polar surface area (TPSA) is 58.0 Å². The fraction of sp³-hybridized carbons (Fsp3) is 0.385. The highest BCUT2D eigenvalue weighted by molar-refractivity contribution is 7.99. The lowest BCUT2D eigenvalue weighted by Gasteiger charge is -2.21. The van der Waals surface area contributed by atoms with E-state index in [-0.39, 0.29) is 17.9 Å². The van der Waals surface area contributed by atoms with E-state index in [1.165, 1.54) is 0 Å². The smallest absolute Gasteiger partial charge is 0.223 e. The number of para-hydroxylation sites is 1. The third kappa shape index (κ3) is 2.91. The maximum atomic E-state index is 9.24. The summed E-state index contributed by atoms with van der Waals surface area (Å²) in [6, 6.07) is 8.00. The van der Waals surface area contributed by atoms with Crippen molar-refractivity contribution in [1.82, 2.24) is 9.97 Å². The molecule has 0 aliphatic carbocycles. The van der Waals surface area contributed by atoms with Gasteiger partial charge in [0.25, 0.3) is 0 Å². The van der Waals surface area contributed by atoms with Crippen molar-refractivity contribution < 1.29 is 5.11 Å². The van der Waals surface area contributed by atoms with Crippen LogP contribution in [0, 0.1) is 0 Å². The van der Waals surface area contributed by atoms with Crippen molar-refractivity contribution >= 4 is 28.6 Å². The number of hydrogen-bond donors (Lipinski definition) is 2. The fourth-order valence-corrected chi connectivity index (χ4v) is 2.40. The molecular formula is C13H17N3OS. The number of benzene rings is 1. The molecule has 96 valence electrons. The van der Waals surface area contributed by atoms with Gasteiger partial charge in [-0.25, -0.2) is 9.97 Å². The minimum atomic E-state index is 0.117. The second-order valence-electron chi connectivity index (χ2n) is 4.14.